The molecule has 0 N–H and O–H groups in total. The summed E-state index contributed by atoms with van der Waals surface area (Å²) in [6, 6.07) is 11.6. The fourth-order valence-corrected chi connectivity index (χ4v) is 2.57. The van der Waals surface area contributed by atoms with E-state index >= 15 is 0 Å². The highest BCUT2D eigenvalue weighted by Gasteiger charge is 2.08. The van der Waals surface area contributed by atoms with Crippen molar-refractivity contribution in [2.24, 2.45) is 0 Å². The summed E-state index contributed by atoms with van der Waals surface area (Å²) in [6.07, 6.45) is 5.71. The van der Waals surface area contributed by atoms with E-state index in [1.54, 1.807) is 13.2 Å². The second-order valence-corrected chi connectivity index (χ2v) is 5.10. The van der Waals surface area contributed by atoms with Crippen molar-refractivity contribution in [1.29, 1.82) is 0 Å². The van der Waals surface area contributed by atoms with E-state index in [9.17, 15) is 0 Å². The number of fused-ring (bicyclic) bond motifs is 2. The van der Waals surface area contributed by atoms with Gasteiger partial charge >= 0.3 is 0 Å². The molecule has 2 nitrogen and oxygen atoms in total. The minimum Gasteiger partial charge on any atom is -0.497 e. The molecule has 0 spiro atoms. The minimum absolute atomic E-state index is 0.682. The summed E-state index contributed by atoms with van der Waals surface area (Å²) >= 11 is 6.08. The number of halogens is 1. The third-order valence-corrected chi connectivity index (χ3v) is 3.62. The van der Waals surface area contributed by atoms with Gasteiger partial charge in [-0.1, -0.05) is 42.5 Å². The summed E-state index contributed by atoms with van der Waals surface area (Å²) < 4.78 is 5.32. The molecule has 0 unspecified atom stereocenters. The van der Waals surface area contributed by atoms with Gasteiger partial charge in [0.15, 0.2) is 0 Å². The summed E-state index contributed by atoms with van der Waals surface area (Å²) in [4.78, 5) is 4.68. The molecule has 0 aliphatic carbocycles. The zero-order valence-electron chi connectivity index (χ0n) is 11.6. The van der Waals surface area contributed by atoms with Gasteiger partial charge in [0.2, 0.25) is 0 Å². The van der Waals surface area contributed by atoms with E-state index in [-0.39, 0.29) is 0 Å². The van der Waals surface area contributed by atoms with Crippen LogP contribution in [0.3, 0.4) is 0 Å². The molecule has 1 aromatic heterocycles. The molecular formula is C18H14ClNO. The molecule has 0 bridgehead atoms. The Labute approximate surface area is 128 Å². The lowest BCUT2D eigenvalue weighted by Gasteiger charge is -2.09. The number of allylic oxidation sites excluding steroid dienone is 2. The van der Waals surface area contributed by atoms with Crippen molar-refractivity contribution in [3.63, 3.8) is 0 Å². The van der Waals surface area contributed by atoms with Crippen LogP contribution in [0.4, 0.5) is 0 Å². The Morgan fingerprint density at radius 3 is 2.71 bits per heavy atom. The highest BCUT2D eigenvalue weighted by atomic mass is 35.5. The van der Waals surface area contributed by atoms with Crippen molar-refractivity contribution in [3.8, 4) is 5.75 Å². The fraction of sp³-hybridized carbons (Fsp3) is 0.0556. The molecule has 3 heteroatoms. The first-order chi connectivity index (χ1) is 10.2. The molecule has 3 rings (SSSR count). The van der Waals surface area contributed by atoms with Gasteiger partial charge in [-0.05, 0) is 35.9 Å². The van der Waals surface area contributed by atoms with E-state index in [4.69, 9.17) is 16.3 Å². The van der Waals surface area contributed by atoms with Gasteiger partial charge in [0.05, 0.1) is 18.1 Å². The topological polar surface area (TPSA) is 22.1 Å². The molecule has 0 aliphatic rings. The molecular weight excluding hydrogens is 282 g/mol. The van der Waals surface area contributed by atoms with Crippen LogP contribution in [0, 0.1) is 0 Å². The normalized spacial score (nSPS) is 11.3. The maximum atomic E-state index is 6.08. The lowest BCUT2D eigenvalue weighted by molar-refractivity contribution is 0.415. The first-order valence-electron chi connectivity index (χ1n) is 6.59. The molecule has 0 saturated heterocycles. The van der Waals surface area contributed by atoms with Crippen molar-refractivity contribution in [2.75, 3.05) is 7.11 Å². The van der Waals surface area contributed by atoms with Gasteiger partial charge in [0, 0.05) is 15.8 Å². The van der Waals surface area contributed by atoms with Crippen LogP contribution in [0.1, 0.15) is 5.56 Å². The largest absolute Gasteiger partial charge is 0.497 e. The smallest absolute Gasteiger partial charge is 0.119 e. The van der Waals surface area contributed by atoms with Gasteiger partial charge in [-0.25, -0.2) is 4.98 Å². The van der Waals surface area contributed by atoms with E-state index in [0.717, 1.165) is 33.1 Å². The summed E-state index contributed by atoms with van der Waals surface area (Å²) in [7, 11) is 1.66. The number of benzene rings is 2. The second-order valence-electron chi connectivity index (χ2n) is 4.66. The standard InChI is InChI=1S/C18H14ClNO/c1-3-4-5-14-15-8-6-12(19)10-18(15)20-17-9-7-13(21-2)11-16(14)17/h3-11H,1H2,2H3/b5-4+. The van der Waals surface area contributed by atoms with Crippen molar-refractivity contribution < 1.29 is 4.74 Å². The lowest BCUT2D eigenvalue weighted by Crippen LogP contribution is -1.90. The Kier molecular flexibility index (Phi) is 3.63. The molecule has 104 valence electrons. The lowest BCUT2D eigenvalue weighted by atomic mass is 10.0. The maximum Gasteiger partial charge on any atom is 0.119 e. The molecule has 21 heavy (non-hydrogen) atoms. The number of hydrogen-bond donors (Lipinski definition) is 0. The van der Waals surface area contributed by atoms with Crippen molar-refractivity contribution in [1.82, 2.24) is 4.98 Å². The number of pyridine rings is 1. The molecule has 3 aromatic rings. The average molecular weight is 296 g/mol. The van der Waals surface area contributed by atoms with Crippen LogP contribution in [0.15, 0.2) is 55.1 Å². The van der Waals surface area contributed by atoms with Crippen molar-refractivity contribution >= 4 is 39.5 Å². The Bertz CT molecular complexity index is 868. The SMILES string of the molecule is C=C/C=C/c1c2ccc(Cl)cc2nc2ccc(OC)cc12. The average Bonchev–Trinajstić information content (AvgIpc) is 2.50. The monoisotopic (exact) mass is 295 g/mol. The number of aromatic nitrogens is 1. The van der Waals surface area contributed by atoms with Crippen LogP contribution < -0.4 is 4.74 Å². The predicted molar refractivity (Wildman–Crippen MR) is 90.0 cm³/mol. The summed E-state index contributed by atoms with van der Waals surface area (Å²) in [5, 5.41) is 2.78. The van der Waals surface area contributed by atoms with Gasteiger partial charge in [0.1, 0.15) is 5.75 Å². The van der Waals surface area contributed by atoms with Crippen molar-refractivity contribution in [3.05, 3.63) is 65.7 Å². The summed E-state index contributed by atoms with van der Waals surface area (Å²) in [5.74, 6) is 0.811. The number of ether oxygens (including phenoxy) is 1. The van der Waals surface area contributed by atoms with Gasteiger partial charge in [-0.2, -0.15) is 0 Å². The van der Waals surface area contributed by atoms with E-state index in [1.165, 1.54) is 0 Å². The molecule has 0 radical (unpaired) electrons. The quantitative estimate of drug-likeness (QED) is 0.486. The highest BCUT2D eigenvalue weighted by molar-refractivity contribution is 6.31. The second kappa shape index (κ2) is 5.58. The fourth-order valence-electron chi connectivity index (χ4n) is 2.40. The van der Waals surface area contributed by atoms with Crippen LogP contribution in [0.5, 0.6) is 5.75 Å². The zero-order chi connectivity index (χ0) is 14.8. The Balaban J connectivity index is 2.45. The van der Waals surface area contributed by atoms with Gasteiger partial charge in [-0.3, -0.25) is 0 Å². The number of hydrogen-bond acceptors (Lipinski definition) is 2. The summed E-state index contributed by atoms with van der Waals surface area (Å²) in [5.41, 5.74) is 2.88. The number of rotatable bonds is 3. The van der Waals surface area contributed by atoms with Crippen LogP contribution >= 0.6 is 11.6 Å². The summed E-state index contributed by atoms with van der Waals surface area (Å²) in [6.45, 7) is 3.74. The molecule has 0 fully saturated rings. The maximum absolute atomic E-state index is 6.08. The highest BCUT2D eigenvalue weighted by Crippen LogP contribution is 2.31. The van der Waals surface area contributed by atoms with Crippen LogP contribution in [0.25, 0.3) is 27.9 Å². The molecule has 0 aliphatic heterocycles. The van der Waals surface area contributed by atoms with Crippen LogP contribution in [-0.2, 0) is 0 Å². The number of methoxy groups -OCH3 is 1. The third kappa shape index (κ3) is 2.50. The Hall–Kier alpha value is -2.32. The van der Waals surface area contributed by atoms with E-state index < -0.39 is 0 Å². The van der Waals surface area contributed by atoms with Crippen LogP contribution in [-0.4, -0.2) is 12.1 Å². The Morgan fingerprint density at radius 2 is 1.95 bits per heavy atom. The molecule has 1 heterocycles. The van der Waals surface area contributed by atoms with Gasteiger partial charge < -0.3 is 4.74 Å². The van der Waals surface area contributed by atoms with E-state index in [2.05, 4.69) is 11.6 Å². The molecule has 0 atom stereocenters. The van der Waals surface area contributed by atoms with E-state index in [1.807, 2.05) is 48.6 Å². The third-order valence-electron chi connectivity index (χ3n) is 3.38. The predicted octanol–water partition coefficient (Wildman–Crippen LogP) is 5.25. The van der Waals surface area contributed by atoms with E-state index in [0.29, 0.717) is 5.02 Å². The van der Waals surface area contributed by atoms with Crippen LogP contribution in [0.2, 0.25) is 5.02 Å². The van der Waals surface area contributed by atoms with Gasteiger partial charge in [-0.15, -0.1) is 0 Å². The first kappa shape index (κ1) is 13.7. The Morgan fingerprint density at radius 1 is 1.10 bits per heavy atom. The first-order valence-corrected chi connectivity index (χ1v) is 6.97. The zero-order valence-corrected chi connectivity index (χ0v) is 12.4. The number of nitrogens with zero attached hydrogens (tertiary/aromatic N) is 1. The molecule has 0 amide bonds. The molecule has 2 aromatic carbocycles. The molecule has 0 saturated carbocycles. The van der Waals surface area contributed by atoms with Gasteiger partial charge in [0.25, 0.3) is 0 Å². The van der Waals surface area contributed by atoms with Crippen molar-refractivity contribution in [2.45, 2.75) is 0 Å². The minimum atomic E-state index is 0.682.